The maximum Gasteiger partial charge on any atom is 0.225 e. The third-order valence-corrected chi connectivity index (χ3v) is 3.84. The SMILES string of the molecule is CCC(Nc1nc(Cl)nc2sccc12)c1ncc[nH]1. The topological polar surface area (TPSA) is 66.5 Å². The number of fused-ring (bicyclic) bond motifs is 1. The number of aromatic amines is 1. The summed E-state index contributed by atoms with van der Waals surface area (Å²) in [5, 5.41) is 6.60. The van der Waals surface area contributed by atoms with Crippen LogP contribution in [0.3, 0.4) is 0 Å². The van der Waals surface area contributed by atoms with E-state index in [0.717, 1.165) is 28.3 Å². The van der Waals surface area contributed by atoms with E-state index in [2.05, 4.69) is 32.2 Å². The lowest BCUT2D eigenvalue weighted by molar-refractivity contribution is 0.701. The molecule has 0 aliphatic heterocycles. The highest BCUT2D eigenvalue weighted by atomic mass is 35.5. The number of halogens is 1. The molecule has 0 fully saturated rings. The van der Waals surface area contributed by atoms with Gasteiger partial charge in [0, 0.05) is 12.4 Å². The van der Waals surface area contributed by atoms with Crippen molar-refractivity contribution in [2.24, 2.45) is 0 Å². The van der Waals surface area contributed by atoms with E-state index in [0.29, 0.717) is 0 Å². The van der Waals surface area contributed by atoms with Crippen LogP contribution in [-0.4, -0.2) is 19.9 Å². The Hall–Kier alpha value is -1.66. The molecule has 0 spiro atoms. The Morgan fingerprint density at radius 3 is 3.11 bits per heavy atom. The Morgan fingerprint density at radius 2 is 2.37 bits per heavy atom. The molecule has 98 valence electrons. The number of anilines is 1. The third-order valence-electron chi connectivity index (χ3n) is 2.87. The van der Waals surface area contributed by atoms with Gasteiger partial charge >= 0.3 is 0 Å². The molecule has 1 unspecified atom stereocenters. The number of nitrogens with one attached hydrogen (secondary N) is 2. The highest BCUT2D eigenvalue weighted by Gasteiger charge is 2.15. The minimum atomic E-state index is 0.0732. The number of rotatable bonds is 4. The number of hydrogen-bond donors (Lipinski definition) is 2. The second-order valence-electron chi connectivity index (χ2n) is 4.06. The summed E-state index contributed by atoms with van der Waals surface area (Å²) >= 11 is 7.50. The van der Waals surface area contributed by atoms with Crippen LogP contribution in [0.1, 0.15) is 25.2 Å². The number of hydrogen-bond acceptors (Lipinski definition) is 5. The highest BCUT2D eigenvalue weighted by molar-refractivity contribution is 7.16. The van der Waals surface area contributed by atoms with Crippen LogP contribution in [0.25, 0.3) is 10.2 Å². The average molecular weight is 294 g/mol. The van der Waals surface area contributed by atoms with Crippen LogP contribution < -0.4 is 5.32 Å². The van der Waals surface area contributed by atoms with Gasteiger partial charge in [0.25, 0.3) is 0 Å². The van der Waals surface area contributed by atoms with E-state index in [-0.39, 0.29) is 11.3 Å². The summed E-state index contributed by atoms with van der Waals surface area (Å²) in [5.41, 5.74) is 0. The molecular weight excluding hydrogens is 282 g/mol. The van der Waals surface area contributed by atoms with Gasteiger partial charge in [-0.05, 0) is 29.5 Å². The van der Waals surface area contributed by atoms with Gasteiger partial charge in [-0.2, -0.15) is 0 Å². The maximum absolute atomic E-state index is 5.95. The second-order valence-corrected chi connectivity index (χ2v) is 5.29. The van der Waals surface area contributed by atoms with Crippen molar-refractivity contribution in [1.29, 1.82) is 0 Å². The number of imidazole rings is 1. The van der Waals surface area contributed by atoms with E-state index in [9.17, 15) is 0 Å². The number of nitrogens with zero attached hydrogens (tertiary/aromatic N) is 3. The molecule has 0 radical (unpaired) electrons. The third kappa shape index (κ3) is 2.41. The molecule has 3 aromatic heterocycles. The Bertz CT molecular complexity index is 679. The fourth-order valence-corrected chi connectivity index (χ4v) is 2.92. The first-order chi connectivity index (χ1) is 9.28. The highest BCUT2D eigenvalue weighted by Crippen LogP contribution is 2.29. The molecule has 0 aliphatic rings. The number of thiophene rings is 1. The molecule has 1 atom stereocenters. The molecule has 0 aliphatic carbocycles. The van der Waals surface area contributed by atoms with Crippen molar-refractivity contribution in [2.45, 2.75) is 19.4 Å². The molecule has 0 aromatic carbocycles. The quantitative estimate of drug-likeness (QED) is 0.721. The zero-order chi connectivity index (χ0) is 13.2. The molecule has 19 heavy (non-hydrogen) atoms. The average Bonchev–Trinajstić information content (AvgIpc) is 3.05. The predicted molar refractivity (Wildman–Crippen MR) is 77.7 cm³/mol. The monoisotopic (exact) mass is 293 g/mol. The Balaban J connectivity index is 1.98. The molecule has 3 aromatic rings. The summed E-state index contributed by atoms with van der Waals surface area (Å²) in [6.07, 6.45) is 4.44. The molecule has 2 N–H and O–H groups in total. The van der Waals surface area contributed by atoms with Gasteiger partial charge < -0.3 is 10.3 Å². The summed E-state index contributed by atoms with van der Waals surface area (Å²) in [6.45, 7) is 2.09. The van der Waals surface area contributed by atoms with Gasteiger partial charge in [0.1, 0.15) is 16.5 Å². The lowest BCUT2D eigenvalue weighted by Crippen LogP contribution is -2.12. The smallest absolute Gasteiger partial charge is 0.225 e. The first-order valence-corrected chi connectivity index (χ1v) is 7.20. The lowest BCUT2D eigenvalue weighted by Gasteiger charge is -2.15. The van der Waals surface area contributed by atoms with Gasteiger partial charge in [0.15, 0.2) is 0 Å². The predicted octanol–water partition coefficient (Wildman–Crippen LogP) is 3.63. The molecule has 0 saturated carbocycles. The fourth-order valence-electron chi connectivity index (χ4n) is 1.94. The summed E-state index contributed by atoms with van der Waals surface area (Å²) in [4.78, 5) is 16.8. The standard InChI is InChI=1S/C12H12ClN5S/c1-2-8(10-14-4-5-15-10)16-9-7-3-6-19-11(7)18-12(13)17-9/h3-6,8H,2H2,1H3,(H,14,15)(H,16,17,18). The van der Waals surface area contributed by atoms with Crippen molar-refractivity contribution >= 4 is 39.0 Å². The Kier molecular flexibility index (Phi) is 3.35. The van der Waals surface area contributed by atoms with E-state index in [1.54, 1.807) is 17.5 Å². The van der Waals surface area contributed by atoms with E-state index in [4.69, 9.17) is 11.6 Å². The van der Waals surface area contributed by atoms with Crippen molar-refractivity contribution in [1.82, 2.24) is 19.9 Å². The van der Waals surface area contributed by atoms with Crippen LogP contribution in [-0.2, 0) is 0 Å². The first kappa shape index (κ1) is 12.4. The van der Waals surface area contributed by atoms with Gasteiger partial charge in [0.2, 0.25) is 5.28 Å². The lowest BCUT2D eigenvalue weighted by atomic mass is 10.2. The van der Waals surface area contributed by atoms with Crippen molar-refractivity contribution in [2.75, 3.05) is 5.32 Å². The van der Waals surface area contributed by atoms with Gasteiger partial charge in [-0.3, -0.25) is 0 Å². The molecule has 5 nitrogen and oxygen atoms in total. The second kappa shape index (κ2) is 5.14. The van der Waals surface area contributed by atoms with Crippen molar-refractivity contribution in [3.63, 3.8) is 0 Å². The molecule has 0 amide bonds. The van der Waals surface area contributed by atoms with Crippen LogP contribution in [0.5, 0.6) is 0 Å². The van der Waals surface area contributed by atoms with Crippen molar-refractivity contribution < 1.29 is 0 Å². The number of aromatic nitrogens is 4. The Labute approximate surface area is 119 Å². The molecular formula is C12H12ClN5S. The van der Waals surface area contributed by atoms with Crippen LogP contribution in [0.2, 0.25) is 5.28 Å². The van der Waals surface area contributed by atoms with Crippen LogP contribution >= 0.6 is 22.9 Å². The molecule has 3 rings (SSSR count). The van der Waals surface area contributed by atoms with Crippen LogP contribution in [0, 0.1) is 0 Å². The summed E-state index contributed by atoms with van der Waals surface area (Å²) in [5.74, 6) is 1.64. The Morgan fingerprint density at radius 1 is 1.47 bits per heavy atom. The zero-order valence-corrected chi connectivity index (χ0v) is 11.8. The van der Waals surface area contributed by atoms with Crippen LogP contribution in [0.15, 0.2) is 23.8 Å². The minimum absolute atomic E-state index is 0.0732. The molecule has 3 heterocycles. The zero-order valence-electron chi connectivity index (χ0n) is 10.2. The van der Waals surface area contributed by atoms with Crippen molar-refractivity contribution in [3.8, 4) is 0 Å². The normalized spacial score (nSPS) is 12.7. The van der Waals surface area contributed by atoms with Gasteiger partial charge in [-0.1, -0.05) is 6.92 Å². The van der Waals surface area contributed by atoms with Gasteiger partial charge in [-0.25, -0.2) is 15.0 Å². The summed E-state index contributed by atoms with van der Waals surface area (Å²) < 4.78 is 0. The van der Waals surface area contributed by atoms with E-state index in [1.807, 2.05) is 17.6 Å². The van der Waals surface area contributed by atoms with Gasteiger partial charge in [0.05, 0.1) is 11.4 Å². The molecule has 7 heteroatoms. The van der Waals surface area contributed by atoms with Crippen molar-refractivity contribution in [3.05, 3.63) is 34.9 Å². The van der Waals surface area contributed by atoms with Crippen LogP contribution in [0.4, 0.5) is 5.82 Å². The summed E-state index contributed by atoms with van der Waals surface area (Å²) in [7, 11) is 0. The minimum Gasteiger partial charge on any atom is -0.359 e. The summed E-state index contributed by atoms with van der Waals surface area (Å²) in [6, 6.07) is 2.07. The molecule has 0 saturated heterocycles. The maximum atomic E-state index is 5.95. The fraction of sp³-hybridized carbons (Fsp3) is 0.250. The van der Waals surface area contributed by atoms with E-state index in [1.165, 1.54) is 0 Å². The number of H-pyrrole nitrogens is 1. The van der Waals surface area contributed by atoms with E-state index < -0.39 is 0 Å². The molecule has 0 bridgehead atoms. The van der Waals surface area contributed by atoms with E-state index >= 15 is 0 Å². The van der Waals surface area contributed by atoms with Gasteiger partial charge in [-0.15, -0.1) is 11.3 Å². The largest absolute Gasteiger partial charge is 0.359 e. The first-order valence-electron chi connectivity index (χ1n) is 5.94.